The molecule has 0 unspecified atom stereocenters. The van der Waals surface area contributed by atoms with E-state index in [-0.39, 0.29) is 11.8 Å². The lowest BCUT2D eigenvalue weighted by molar-refractivity contribution is -0.124. The number of hydrogen-bond donors (Lipinski definition) is 1. The molecule has 0 aliphatic heterocycles. The Bertz CT molecular complexity index is 253. The van der Waals surface area contributed by atoms with Crippen LogP contribution in [0.5, 0.6) is 0 Å². The second-order valence-electron chi connectivity index (χ2n) is 4.54. The zero-order chi connectivity index (χ0) is 12.6. The van der Waals surface area contributed by atoms with Crippen molar-refractivity contribution in [2.75, 3.05) is 0 Å². The van der Waals surface area contributed by atoms with E-state index in [1.807, 2.05) is 13.0 Å². The van der Waals surface area contributed by atoms with Gasteiger partial charge in [-0.2, -0.15) is 0 Å². The summed E-state index contributed by atoms with van der Waals surface area (Å²) >= 11 is 0. The molecule has 1 amide bonds. The Balaban J connectivity index is 4.29. The highest BCUT2D eigenvalue weighted by Crippen LogP contribution is 2.11. The van der Waals surface area contributed by atoms with Gasteiger partial charge in [-0.1, -0.05) is 53.2 Å². The lowest BCUT2D eigenvalue weighted by Gasteiger charge is -2.16. The standard InChI is InChI=1S/C14H25NO/c1-6-8-10-12(5)14(16)15-13(9-7-2)11(3)4/h7,9,11-12H,2,6,8,10H2,1,3-5H3,(H,15,16)/b13-9+/t12-/m0/s1. The number of allylic oxidation sites excluding steroid dienone is 3. The molecule has 0 radical (unpaired) electrons. The van der Waals surface area contributed by atoms with Crippen LogP contribution < -0.4 is 5.32 Å². The van der Waals surface area contributed by atoms with Gasteiger partial charge in [-0.3, -0.25) is 4.79 Å². The van der Waals surface area contributed by atoms with Gasteiger partial charge in [0.2, 0.25) is 5.91 Å². The maximum atomic E-state index is 11.9. The van der Waals surface area contributed by atoms with Crippen molar-refractivity contribution in [3.05, 3.63) is 24.4 Å². The van der Waals surface area contributed by atoms with Gasteiger partial charge in [-0.05, 0) is 18.4 Å². The van der Waals surface area contributed by atoms with E-state index >= 15 is 0 Å². The van der Waals surface area contributed by atoms with E-state index in [1.165, 1.54) is 0 Å². The molecule has 0 spiro atoms. The number of carbonyl (C=O) groups excluding carboxylic acids is 1. The monoisotopic (exact) mass is 223 g/mol. The highest BCUT2D eigenvalue weighted by Gasteiger charge is 2.14. The summed E-state index contributed by atoms with van der Waals surface area (Å²) in [5.41, 5.74) is 0.948. The number of rotatable bonds is 7. The molecule has 1 N–H and O–H groups in total. The average Bonchev–Trinajstić information content (AvgIpc) is 2.24. The number of unbranched alkanes of at least 4 members (excludes halogenated alkanes) is 1. The molecule has 0 aromatic carbocycles. The van der Waals surface area contributed by atoms with E-state index < -0.39 is 0 Å². The summed E-state index contributed by atoms with van der Waals surface area (Å²) in [5, 5.41) is 2.98. The predicted octanol–water partition coefficient (Wildman–Crippen LogP) is 3.65. The Kier molecular flexibility index (Phi) is 7.61. The van der Waals surface area contributed by atoms with E-state index in [2.05, 4.69) is 32.7 Å². The minimum Gasteiger partial charge on any atom is -0.329 e. The fraction of sp³-hybridized carbons (Fsp3) is 0.643. The Morgan fingerprint density at radius 1 is 1.38 bits per heavy atom. The topological polar surface area (TPSA) is 29.1 Å². The Morgan fingerprint density at radius 2 is 2.00 bits per heavy atom. The van der Waals surface area contributed by atoms with E-state index in [4.69, 9.17) is 0 Å². The molecular weight excluding hydrogens is 198 g/mol. The van der Waals surface area contributed by atoms with Gasteiger partial charge in [0, 0.05) is 11.6 Å². The van der Waals surface area contributed by atoms with Crippen LogP contribution in [-0.2, 0) is 4.79 Å². The largest absolute Gasteiger partial charge is 0.329 e. The summed E-state index contributed by atoms with van der Waals surface area (Å²) in [6, 6.07) is 0. The molecule has 0 saturated heterocycles. The van der Waals surface area contributed by atoms with Gasteiger partial charge in [0.05, 0.1) is 0 Å². The fourth-order valence-electron chi connectivity index (χ4n) is 1.41. The molecule has 0 bridgehead atoms. The van der Waals surface area contributed by atoms with Crippen molar-refractivity contribution in [3.63, 3.8) is 0 Å². The summed E-state index contributed by atoms with van der Waals surface area (Å²) in [5.74, 6) is 0.530. The summed E-state index contributed by atoms with van der Waals surface area (Å²) < 4.78 is 0. The van der Waals surface area contributed by atoms with Crippen molar-refractivity contribution < 1.29 is 4.79 Å². The Labute approximate surface area is 99.8 Å². The van der Waals surface area contributed by atoms with Crippen molar-refractivity contribution in [3.8, 4) is 0 Å². The third-order valence-electron chi connectivity index (χ3n) is 2.63. The lowest BCUT2D eigenvalue weighted by Crippen LogP contribution is -2.30. The first-order valence-electron chi connectivity index (χ1n) is 6.16. The SMILES string of the molecule is C=C/C=C(/NC(=O)[C@@H](C)CCCC)C(C)C. The van der Waals surface area contributed by atoms with E-state index in [9.17, 15) is 4.79 Å². The highest BCUT2D eigenvalue weighted by atomic mass is 16.1. The normalized spacial score (nSPS) is 13.7. The van der Waals surface area contributed by atoms with Crippen LogP contribution in [0.25, 0.3) is 0 Å². The molecule has 0 rings (SSSR count). The van der Waals surface area contributed by atoms with Gasteiger partial charge < -0.3 is 5.32 Å². The van der Waals surface area contributed by atoms with Crippen LogP contribution in [-0.4, -0.2) is 5.91 Å². The first-order chi connectivity index (χ1) is 7.52. The molecule has 0 saturated carbocycles. The summed E-state index contributed by atoms with van der Waals surface area (Å²) in [7, 11) is 0. The third-order valence-corrected chi connectivity index (χ3v) is 2.63. The van der Waals surface area contributed by atoms with E-state index in [0.29, 0.717) is 5.92 Å². The van der Waals surface area contributed by atoms with Gasteiger partial charge >= 0.3 is 0 Å². The minimum absolute atomic E-state index is 0.0897. The smallest absolute Gasteiger partial charge is 0.226 e. The molecule has 0 heterocycles. The van der Waals surface area contributed by atoms with Crippen molar-refractivity contribution in [1.29, 1.82) is 0 Å². The van der Waals surface area contributed by atoms with Gasteiger partial charge in [-0.25, -0.2) is 0 Å². The molecule has 0 aromatic heterocycles. The molecule has 92 valence electrons. The van der Waals surface area contributed by atoms with Crippen molar-refractivity contribution in [1.82, 2.24) is 5.32 Å². The minimum atomic E-state index is 0.0897. The Hall–Kier alpha value is -1.05. The molecular formula is C14H25NO. The van der Waals surface area contributed by atoms with E-state index in [0.717, 1.165) is 25.0 Å². The number of nitrogens with one attached hydrogen (secondary N) is 1. The number of hydrogen-bond acceptors (Lipinski definition) is 1. The van der Waals surface area contributed by atoms with Crippen LogP contribution in [0.2, 0.25) is 0 Å². The summed E-state index contributed by atoms with van der Waals surface area (Å²) in [6.45, 7) is 11.9. The van der Waals surface area contributed by atoms with Crippen LogP contribution in [0.3, 0.4) is 0 Å². The van der Waals surface area contributed by atoms with Gasteiger partial charge in [-0.15, -0.1) is 0 Å². The first kappa shape index (κ1) is 14.9. The van der Waals surface area contributed by atoms with Crippen LogP contribution in [0.4, 0.5) is 0 Å². The number of amides is 1. The molecule has 16 heavy (non-hydrogen) atoms. The molecule has 2 heteroatoms. The lowest BCUT2D eigenvalue weighted by atomic mass is 10.0. The molecule has 1 atom stereocenters. The fourth-order valence-corrected chi connectivity index (χ4v) is 1.41. The molecule has 0 fully saturated rings. The highest BCUT2D eigenvalue weighted by molar-refractivity contribution is 5.80. The van der Waals surface area contributed by atoms with Gasteiger partial charge in [0.1, 0.15) is 0 Å². The first-order valence-corrected chi connectivity index (χ1v) is 6.16. The quantitative estimate of drug-likeness (QED) is 0.656. The average molecular weight is 223 g/mol. The molecule has 2 nitrogen and oxygen atoms in total. The van der Waals surface area contributed by atoms with Crippen LogP contribution in [0.1, 0.15) is 47.0 Å². The second kappa shape index (κ2) is 8.14. The summed E-state index contributed by atoms with van der Waals surface area (Å²) in [4.78, 5) is 11.9. The van der Waals surface area contributed by atoms with E-state index in [1.54, 1.807) is 6.08 Å². The van der Waals surface area contributed by atoms with Crippen molar-refractivity contribution >= 4 is 5.91 Å². The summed E-state index contributed by atoms with van der Waals surface area (Å²) in [6.07, 6.45) is 6.79. The van der Waals surface area contributed by atoms with Crippen LogP contribution in [0.15, 0.2) is 24.4 Å². The van der Waals surface area contributed by atoms with Gasteiger partial charge in [0.25, 0.3) is 0 Å². The zero-order valence-corrected chi connectivity index (χ0v) is 11.0. The molecule has 0 aliphatic rings. The maximum absolute atomic E-state index is 11.9. The van der Waals surface area contributed by atoms with Crippen LogP contribution in [0, 0.1) is 11.8 Å². The Morgan fingerprint density at radius 3 is 2.44 bits per heavy atom. The molecule has 0 aliphatic carbocycles. The molecule has 0 aromatic rings. The van der Waals surface area contributed by atoms with Gasteiger partial charge in [0.15, 0.2) is 0 Å². The second-order valence-corrected chi connectivity index (χ2v) is 4.54. The predicted molar refractivity (Wildman–Crippen MR) is 69.9 cm³/mol. The zero-order valence-electron chi connectivity index (χ0n) is 11.0. The maximum Gasteiger partial charge on any atom is 0.226 e. The van der Waals surface area contributed by atoms with Crippen molar-refractivity contribution in [2.45, 2.75) is 47.0 Å². The number of carbonyl (C=O) groups is 1. The van der Waals surface area contributed by atoms with Crippen LogP contribution >= 0.6 is 0 Å². The van der Waals surface area contributed by atoms with Crippen molar-refractivity contribution in [2.24, 2.45) is 11.8 Å². The third kappa shape index (κ3) is 5.74.